The van der Waals surface area contributed by atoms with Crippen LogP contribution < -0.4 is 3.53 Å². The van der Waals surface area contributed by atoms with Gasteiger partial charge >= 0.3 is 0 Å². The molecule has 0 amide bonds. The van der Waals surface area contributed by atoms with Crippen LogP contribution in [0.4, 0.5) is 0 Å². The molecule has 0 heterocycles. The number of halogens is 1. The Kier molecular flexibility index (Phi) is 7.13. The molecule has 0 atom stereocenters. The molecule has 0 radical (unpaired) electrons. The first-order valence-corrected chi connectivity index (χ1v) is 6.80. The van der Waals surface area contributed by atoms with Crippen LogP contribution in [-0.2, 0) is 0 Å². The maximum atomic E-state index is 4.23. The van der Waals surface area contributed by atoms with Gasteiger partial charge in [-0.2, -0.15) is 0 Å². The lowest BCUT2D eigenvalue weighted by molar-refractivity contribution is 0.894. The van der Waals surface area contributed by atoms with Gasteiger partial charge in [0.2, 0.25) is 0 Å². The van der Waals surface area contributed by atoms with Crippen LogP contribution in [0.3, 0.4) is 0 Å². The third kappa shape index (κ3) is 5.96. The summed E-state index contributed by atoms with van der Waals surface area (Å²) in [6, 6.07) is 0. The number of nitrogens with one attached hydrogen (secondary N) is 1. The molecule has 76 valence electrons. The number of nitrogens with zero attached hydrogens (tertiary/aromatic N) is 1. The van der Waals surface area contributed by atoms with Crippen molar-refractivity contribution in [2.75, 3.05) is 7.05 Å². The van der Waals surface area contributed by atoms with Crippen molar-refractivity contribution >= 4 is 30.7 Å². The minimum Gasteiger partial charge on any atom is -0.338 e. The van der Waals surface area contributed by atoms with Gasteiger partial charge in [0.05, 0.1) is 0 Å². The number of allylic oxidation sites excluding steroid dienone is 1. The molecule has 0 fully saturated rings. The fourth-order valence-electron chi connectivity index (χ4n) is 0.660. The zero-order chi connectivity index (χ0) is 10.3. The maximum Gasteiger partial charge on any atom is 0.0440 e. The second-order valence-electron chi connectivity index (χ2n) is 3.07. The lowest BCUT2D eigenvalue weighted by Gasteiger charge is -2.03. The third-order valence-electron chi connectivity index (χ3n) is 1.63. The van der Waals surface area contributed by atoms with E-state index < -0.39 is 0 Å². The normalized spacial score (nSPS) is 13.2. The van der Waals surface area contributed by atoms with Crippen LogP contribution in [0.25, 0.3) is 0 Å². The molecule has 0 aromatic heterocycles. The average molecular weight is 294 g/mol. The number of aliphatic imine (C=N–C) groups is 1. The fraction of sp³-hybridized carbons (Fsp3) is 0.600. The van der Waals surface area contributed by atoms with Crippen LogP contribution >= 0.6 is 21.0 Å². The third-order valence-corrected chi connectivity index (χ3v) is 3.65. The lowest BCUT2D eigenvalue weighted by Crippen LogP contribution is -2.08. The molecule has 0 saturated carbocycles. The van der Waals surface area contributed by atoms with E-state index in [1.807, 2.05) is 7.05 Å². The molecule has 2 nitrogen and oxygen atoms in total. The van der Waals surface area contributed by atoms with Crippen LogP contribution in [0.5, 0.6) is 0 Å². The number of rotatable bonds is 5. The van der Waals surface area contributed by atoms with E-state index in [0.717, 1.165) is 12.1 Å². The highest BCUT2D eigenvalue weighted by molar-refractivity contribution is 14.2. The zero-order valence-electron chi connectivity index (χ0n) is 8.89. The number of hydrogen-bond acceptors (Lipinski definition) is 2. The minimum absolute atomic E-state index is 0.107. The summed E-state index contributed by atoms with van der Waals surface area (Å²) in [4.78, 5) is 4.23. The molecule has 0 bridgehead atoms. The van der Waals surface area contributed by atoms with Gasteiger partial charge < -0.3 is 3.53 Å². The quantitative estimate of drug-likeness (QED) is 0.470. The van der Waals surface area contributed by atoms with Gasteiger partial charge in [0.15, 0.2) is 0 Å². The van der Waals surface area contributed by atoms with Gasteiger partial charge in [-0.15, -0.1) is 0 Å². The van der Waals surface area contributed by atoms with Crippen molar-refractivity contribution in [2.24, 2.45) is 10.9 Å². The van der Waals surface area contributed by atoms with E-state index in [0.29, 0.717) is 5.92 Å². The summed E-state index contributed by atoms with van der Waals surface area (Å²) in [7, 11) is 1.85. The van der Waals surface area contributed by atoms with Crippen molar-refractivity contribution in [3.63, 3.8) is 0 Å². The van der Waals surface area contributed by atoms with Crippen molar-refractivity contribution in [3.05, 3.63) is 12.3 Å². The van der Waals surface area contributed by atoms with Gasteiger partial charge in [-0.3, -0.25) is 4.99 Å². The standard InChI is InChI=1S/C10H19IN2/c1-6-9(4)13-11-7-10(12-5)8(2)3/h7-8,13H,4,6H2,1-3,5H3. The largest absolute Gasteiger partial charge is 0.338 e. The molecular weight excluding hydrogens is 275 g/mol. The molecule has 0 aliphatic carbocycles. The molecule has 1 N–H and O–H groups in total. The molecule has 0 unspecified atom stereocenters. The highest BCUT2D eigenvalue weighted by Crippen LogP contribution is 2.01. The van der Waals surface area contributed by atoms with Gasteiger partial charge in [0, 0.05) is 22.5 Å². The van der Waals surface area contributed by atoms with E-state index in [2.05, 4.69) is 39.9 Å². The second-order valence-corrected chi connectivity index (χ2v) is 4.86. The summed E-state index contributed by atoms with van der Waals surface area (Å²) in [6.07, 6.45) is 1.01. The van der Waals surface area contributed by atoms with Crippen LogP contribution in [0.1, 0.15) is 27.2 Å². The van der Waals surface area contributed by atoms with Crippen LogP contribution in [-0.4, -0.2) is 16.8 Å². The number of hydrogen-bond donors (Lipinski definition) is 1. The topological polar surface area (TPSA) is 24.4 Å². The van der Waals surface area contributed by atoms with E-state index in [4.69, 9.17) is 0 Å². The SMILES string of the molecule is C=C(CC)NI=CC(=NC)C(C)C. The summed E-state index contributed by atoms with van der Waals surface area (Å²) in [6.45, 7) is 10.3. The predicted molar refractivity (Wildman–Crippen MR) is 70.8 cm³/mol. The van der Waals surface area contributed by atoms with E-state index >= 15 is 0 Å². The Morgan fingerprint density at radius 1 is 1.62 bits per heavy atom. The Morgan fingerprint density at radius 2 is 2.23 bits per heavy atom. The van der Waals surface area contributed by atoms with Gasteiger partial charge in [-0.25, -0.2) is 0 Å². The summed E-state index contributed by atoms with van der Waals surface area (Å²) < 4.78 is 5.56. The van der Waals surface area contributed by atoms with E-state index in [1.54, 1.807) is 0 Å². The summed E-state index contributed by atoms with van der Waals surface area (Å²) >= 11 is -0.107. The molecule has 13 heavy (non-hydrogen) atoms. The van der Waals surface area contributed by atoms with Crippen molar-refractivity contribution in [1.82, 2.24) is 3.53 Å². The summed E-state index contributed by atoms with van der Waals surface area (Å²) in [5.41, 5.74) is 2.33. The lowest BCUT2D eigenvalue weighted by atomic mass is 10.1. The van der Waals surface area contributed by atoms with Crippen LogP contribution in [0.2, 0.25) is 0 Å². The Labute approximate surface area is 91.6 Å². The zero-order valence-corrected chi connectivity index (χ0v) is 11.1. The van der Waals surface area contributed by atoms with Crippen LogP contribution in [0, 0.1) is 5.92 Å². The van der Waals surface area contributed by atoms with Gasteiger partial charge in [0.25, 0.3) is 0 Å². The van der Waals surface area contributed by atoms with Crippen LogP contribution in [0.15, 0.2) is 17.3 Å². The first kappa shape index (κ1) is 12.8. The summed E-state index contributed by atoms with van der Waals surface area (Å²) in [5.74, 6) is 0.529. The monoisotopic (exact) mass is 294 g/mol. The average Bonchev–Trinajstić information content (AvgIpc) is 2.11. The molecule has 0 spiro atoms. The van der Waals surface area contributed by atoms with Crippen molar-refractivity contribution in [3.8, 4) is 0 Å². The van der Waals surface area contributed by atoms with Crippen molar-refractivity contribution < 1.29 is 0 Å². The van der Waals surface area contributed by atoms with Gasteiger partial charge in [-0.05, 0) is 33.3 Å². The van der Waals surface area contributed by atoms with E-state index in [-0.39, 0.29) is 21.0 Å². The van der Waals surface area contributed by atoms with E-state index in [1.165, 1.54) is 5.71 Å². The van der Waals surface area contributed by atoms with E-state index in [9.17, 15) is 0 Å². The second kappa shape index (κ2) is 7.24. The van der Waals surface area contributed by atoms with Gasteiger partial charge in [-0.1, -0.05) is 27.4 Å². The minimum atomic E-state index is -0.107. The Bertz CT molecular complexity index is 217. The highest BCUT2D eigenvalue weighted by Gasteiger charge is 1.98. The molecule has 0 aromatic rings. The predicted octanol–water partition coefficient (Wildman–Crippen LogP) is 2.91. The molecule has 0 aliphatic rings. The summed E-state index contributed by atoms with van der Waals surface area (Å²) in [5, 5.41) is 0. The fourth-order valence-corrected chi connectivity index (χ4v) is 2.95. The van der Waals surface area contributed by atoms with Crippen molar-refractivity contribution in [2.45, 2.75) is 27.2 Å². The molecule has 0 saturated heterocycles. The molecule has 3 heteroatoms. The molecule has 0 rings (SSSR count). The molecule has 0 aliphatic heterocycles. The first-order chi connectivity index (χ1) is 6.11. The van der Waals surface area contributed by atoms with Gasteiger partial charge in [0.1, 0.15) is 0 Å². The maximum absolute atomic E-state index is 4.23. The Morgan fingerprint density at radius 3 is 2.62 bits per heavy atom. The highest BCUT2D eigenvalue weighted by atomic mass is 127. The smallest absolute Gasteiger partial charge is 0.0440 e. The Hall–Kier alpha value is -0.190. The first-order valence-electron chi connectivity index (χ1n) is 4.47. The molecular formula is C10H19IN2. The van der Waals surface area contributed by atoms with Crippen molar-refractivity contribution in [1.29, 1.82) is 0 Å². The molecule has 0 aromatic carbocycles. The Balaban J connectivity index is 4.03.